The van der Waals surface area contributed by atoms with Crippen LogP contribution in [0.15, 0.2) is 21.7 Å². The first kappa shape index (κ1) is 14.0. The lowest BCUT2D eigenvalue weighted by atomic mass is 10.3. The standard InChI is InChI=1S/C13H19N3O2S/c1-9-7-11(9)12-4-3-10(18-12)8-15-16-13(19)14-5-6-17-2/h3-4,8-9,11H,5-7H2,1-2H3,(H2,14,16,19)/b15-8-/t9-,11+/m1/s1. The first-order valence-corrected chi connectivity index (χ1v) is 6.77. The fourth-order valence-corrected chi connectivity index (χ4v) is 1.97. The summed E-state index contributed by atoms with van der Waals surface area (Å²) in [6.45, 7) is 3.49. The molecule has 0 spiro atoms. The summed E-state index contributed by atoms with van der Waals surface area (Å²) in [5, 5.41) is 7.45. The summed E-state index contributed by atoms with van der Waals surface area (Å²) in [6, 6.07) is 3.94. The number of ether oxygens (including phenoxy) is 1. The molecule has 0 bridgehead atoms. The van der Waals surface area contributed by atoms with Crippen molar-refractivity contribution >= 4 is 23.5 Å². The summed E-state index contributed by atoms with van der Waals surface area (Å²) in [6.07, 6.45) is 2.84. The predicted molar refractivity (Wildman–Crippen MR) is 78.4 cm³/mol. The number of furan rings is 1. The van der Waals surface area contributed by atoms with Gasteiger partial charge in [0.25, 0.3) is 0 Å². The van der Waals surface area contributed by atoms with Crippen molar-refractivity contribution in [3.05, 3.63) is 23.7 Å². The Morgan fingerprint density at radius 3 is 3.11 bits per heavy atom. The van der Waals surface area contributed by atoms with Gasteiger partial charge in [-0.2, -0.15) is 5.10 Å². The summed E-state index contributed by atoms with van der Waals surface area (Å²) >= 11 is 5.03. The van der Waals surface area contributed by atoms with Crippen LogP contribution >= 0.6 is 12.2 Å². The maximum atomic E-state index is 5.69. The van der Waals surface area contributed by atoms with E-state index in [9.17, 15) is 0 Å². The maximum Gasteiger partial charge on any atom is 0.187 e. The Balaban J connectivity index is 1.73. The molecule has 1 aliphatic carbocycles. The van der Waals surface area contributed by atoms with Crippen LogP contribution in [0.5, 0.6) is 0 Å². The van der Waals surface area contributed by atoms with Crippen LogP contribution in [0.1, 0.15) is 30.8 Å². The third-order valence-corrected chi connectivity index (χ3v) is 3.31. The van der Waals surface area contributed by atoms with Crippen molar-refractivity contribution in [3.8, 4) is 0 Å². The van der Waals surface area contributed by atoms with Gasteiger partial charge in [-0.3, -0.25) is 5.43 Å². The van der Waals surface area contributed by atoms with Crippen LogP contribution in [0.3, 0.4) is 0 Å². The van der Waals surface area contributed by atoms with Gasteiger partial charge in [0.2, 0.25) is 0 Å². The number of hydrogen-bond donors (Lipinski definition) is 2. The van der Waals surface area contributed by atoms with E-state index in [2.05, 4.69) is 22.8 Å². The minimum atomic E-state index is 0.468. The van der Waals surface area contributed by atoms with E-state index in [1.54, 1.807) is 13.3 Å². The number of hydrogen-bond acceptors (Lipinski definition) is 4. The minimum absolute atomic E-state index is 0.468. The molecule has 1 saturated carbocycles. The molecule has 2 N–H and O–H groups in total. The molecule has 5 nitrogen and oxygen atoms in total. The van der Waals surface area contributed by atoms with Gasteiger partial charge in [-0.1, -0.05) is 6.92 Å². The SMILES string of the molecule is COCCNC(=S)N/N=C\c1ccc([C@H]2C[C@H]2C)o1. The third kappa shape index (κ3) is 4.33. The van der Waals surface area contributed by atoms with Gasteiger partial charge in [0.05, 0.1) is 12.8 Å². The molecule has 2 rings (SSSR count). The average Bonchev–Trinajstić information content (AvgIpc) is 2.93. The zero-order chi connectivity index (χ0) is 13.7. The highest BCUT2D eigenvalue weighted by Crippen LogP contribution is 2.47. The van der Waals surface area contributed by atoms with E-state index in [0.717, 1.165) is 17.4 Å². The average molecular weight is 281 g/mol. The van der Waals surface area contributed by atoms with Gasteiger partial charge < -0.3 is 14.5 Å². The highest BCUT2D eigenvalue weighted by Gasteiger charge is 2.36. The first-order chi connectivity index (χ1) is 9.20. The lowest BCUT2D eigenvalue weighted by molar-refractivity contribution is 0.204. The number of hydrazone groups is 1. The summed E-state index contributed by atoms with van der Waals surface area (Å²) in [4.78, 5) is 0. The molecule has 0 saturated heterocycles. The van der Waals surface area contributed by atoms with Crippen LogP contribution in [0.25, 0.3) is 0 Å². The molecule has 0 radical (unpaired) electrons. The van der Waals surface area contributed by atoms with Gasteiger partial charge >= 0.3 is 0 Å². The van der Waals surface area contributed by atoms with Gasteiger partial charge in [-0.05, 0) is 36.7 Å². The molecule has 1 aromatic heterocycles. The maximum absolute atomic E-state index is 5.69. The summed E-state index contributed by atoms with van der Waals surface area (Å²) in [5.41, 5.74) is 2.73. The van der Waals surface area contributed by atoms with Crippen molar-refractivity contribution in [2.45, 2.75) is 19.3 Å². The highest BCUT2D eigenvalue weighted by atomic mass is 32.1. The normalized spacial score (nSPS) is 21.6. The summed E-state index contributed by atoms with van der Waals surface area (Å²) in [7, 11) is 1.64. The van der Waals surface area contributed by atoms with E-state index in [1.807, 2.05) is 12.1 Å². The molecule has 0 aromatic carbocycles. The molecule has 2 atom stereocenters. The molecule has 0 unspecified atom stereocenters. The fourth-order valence-electron chi connectivity index (χ4n) is 1.82. The Morgan fingerprint density at radius 1 is 1.63 bits per heavy atom. The number of methoxy groups -OCH3 is 1. The van der Waals surface area contributed by atoms with E-state index >= 15 is 0 Å². The monoisotopic (exact) mass is 281 g/mol. The zero-order valence-corrected chi connectivity index (χ0v) is 12.0. The van der Waals surface area contributed by atoms with Crippen molar-refractivity contribution in [2.24, 2.45) is 11.0 Å². The second-order valence-electron chi connectivity index (χ2n) is 4.68. The van der Waals surface area contributed by atoms with Crippen molar-refractivity contribution in [2.75, 3.05) is 20.3 Å². The van der Waals surface area contributed by atoms with Gasteiger partial charge in [0.1, 0.15) is 11.5 Å². The van der Waals surface area contributed by atoms with E-state index in [0.29, 0.717) is 24.2 Å². The number of rotatable bonds is 6. The van der Waals surface area contributed by atoms with Gasteiger partial charge in [-0.25, -0.2) is 0 Å². The number of nitrogens with one attached hydrogen (secondary N) is 2. The van der Waals surface area contributed by atoms with Gasteiger partial charge in [0, 0.05) is 19.6 Å². The molecule has 6 heteroatoms. The Bertz CT molecular complexity index is 458. The summed E-state index contributed by atoms with van der Waals surface area (Å²) < 4.78 is 10.6. The molecule has 1 aromatic rings. The Hall–Kier alpha value is -1.40. The lowest BCUT2D eigenvalue weighted by Crippen LogP contribution is -2.34. The van der Waals surface area contributed by atoms with Crippen LogP contribution in [0, 0.1) is 5.92 Å². The van der Waals surface area contributed by atoms with E-state index in [4.69, 9.17) is 21.4 Å². The summed E-state index contributed by atoms with van der Waals surface area (Å²) in [5.74, 6) is 3.12. The molecule has 0 aliphatic heterocycles. The van der Waals surface area contributed by atoms with Crippen LogP contribution < -0.4 is 10.7 Å². The van der Waals surface area contributed by atoms with Crippen molar-refractivity contribution in [1.29, 1.82) is 0 Å². The van der Waals surface area contributed by atoms with Gasteiger partial charge in [-0.15, -0.1) is 0 Å². The van der Waals surface area contributed by atoms with E-state index < -0.39 is 0 Å². The largest absolute Gasteiger partial charge is 0.460 e. The predicted octanol–water partition coefficient (Wildman–Crippen LogP) is 1.85. The zero-order valence-electron chi connectivity index (χ0n) is 11.2. The molecule has 1 aliphatic rings. The Morgan fingerprint density at radius 2 is 2.42 bits per heavy atom. The molecule has 19 heavy (non-hydrogen) atoms. The van der Waals surface area contributed by atoms with Crippen LogP contribution in [-0.2, 0) is 4.74 Å². The second kappa shape index (κ2) is 6.68. The molecular formula is C13H19N3O2S. The Labute approximate surface area is 118 Å². The molecule has 1 fully saturated rings. The minimum Gasteiger partial charge on any atom is -0.460 e. The number of nitrogens with zero attached hydrogens (tertiary/aromatic N) is 1. The van der Waals surface area contributed by atoms with Crippen LogP contribution in [0.2, 0.25) is 0 Å². The first-order valence-electron chi connectivity index (χ1n) is 6.36. The van der Waals surface area contributed by atoms with E-state index in [-0.39, 0.29) is 0 Å². The van der Waals surface area contributed by atoms with Crippen LogP contribution in [-0.4, -0.2) is 31.6 Å². The molecular weight excluding hydrogens is 262 g/mol. The second-order valence-corrected chi connectivity index (χ2v) is 5.09. The Kier molecular flexibility index (Phi) is 4.93. The number of thiocarbonyl (C=S) groups is 1. The quantitative estimate of drug-likeness (QED) is 0.361. The molecule has 104 valence electrons. The lowest BCUT2D eigenvalue weighted by Gasteiger charge is -2.04. The fraction of sp³-hybridized carbons (Fsp3) is 0.538. The van der Waals surface area contributed by atoms with Crippen molar-refractivity contribution < 1.29 is 9.15 Å². The van der Waals surface area contributed by atoms with Crippen molar-refractivity contribution in [1.82, 2.24) is 10.7 Å². The van der Waals surface area contributed by atoms with Crippen molar-refractivity contribution in [3.63, 3.8) is 0 Å². The molecule has 0 amide bonds. The van der Waals surface area contributed by atoms with Gasteiger partial charge in [0.15, 0.2) is 5.11 Å². The third-order valence-electron chi connectivity index (χ3n) is 3.07. The van der Waals surface area contributed by atoms with Crippen LogP contribution in [0.4, 0.5) is 0 Å². The molecule has 1 heterocycles. The smallest absolute Gasteiger partial charge is 0.187 e. The topological polar surface area (TPSA) is 58.8 Å². The highest BCUT2D eigenvalue weighted by molar-refractivity contribution is 7.80. The van der Waals surface area contributed by atoms with E-state index in [1.165, 1.54) is 6.42 Å².